The van der Waals surface area contributed by atoms with Gasteiger partial charge in [-0.05, 0) is 36.1 Å². The lowest BCUT2D eigenvalue weighted by molar-refractivity contribution is 0.0635. The van der Waals surface area contributed by atoms with E-state index in [4.69, 9.17) is 4.74 Å². The van der Waals surface area contributed by atoms with E-state index in [2.05, 4.69) is 29.2 Å². The average Bonchev–Trinajstić information content (AvgIpc) is 2.54. The molecule has 22 heavy (non-hydrogen) atoms. The van der Waals surface area contributed by atoms with Gasteiger partial charge in [0, 0.05) is 19.6 Å². The zero-order chi connectivity index (χ0) is 15.4. The summed E-state index contributed by atoms with van der Waals surface area (Å²) in [6.45, 7) is 4.92. The van der Waals surface area contributed by atoms with Crippen LogP contribution in [0.3, 0.4) is 0 Å². The van der Waals surface area contributed by atoms with Gasteiger partial charge in [-0.1, -0.05) is 42.5 Å². The lowest BCUT2D eigenvalue weighted by Gasteiger charge is -2.30. The Hall–Kier alpha value is -1.84. The van der Waals surface area contributed by atoms with Crippen molar-refractivity contribution in [3.8, 4) is 5.75 Å². The fourth-order valence-electron chi connectivity index (χ4n) is 2.97. The molecule has 0 saturated carbocycles. The molecule has 0 aliphatic carbocycles. The van der Waals surface area contributed by atoms with Gasteiger partial charge in [-0.25, -0.2) is 0 Å². The monoisotopic (exact) mass is 297 g/mol. The smallest absolute Gasteiger partial charge is 0.122 e. The van der Waals surface area contributed by atoms with Crippen molar-refractivity contribution in [2.45, 2.75) is 26.0 Å². The van der Waals surface area contributed by atoms with Gasteiger partial charge in [0.15, 0.2) is 0 Å². The number of aryl methyl sites for hydroxylation is 1. The van der Waals surface area contributed by atoms with Crippen LogP contribution in [0.5, 0.6) is 5.75 Å². The molecule has 0 bridgehead atoms. The molecule has 1 unspecified atom stereocenters. The fraction of sp³-hybridized carbons (Fsp3) is 0.368. The molecular weight excluding hydrogens is 274 g/mol. The number of β-amino-alcohol motifs (C(OH)–C–C–N with tert-alkyl or cyclic N) is 1. The van der Waals surface area contributed by atoms with E-state index < -0.39 is 6.10 Å². The van der Waals surface area contributed by atoms with E-state index in [0.29, 0.717) is 13.2 Å². The molecule has 3 nitrogen and oxygen atoms in total. The molecule has 0 fully saturated rings. The molecule has 1 N–H and O–H groups in total. The molecule has 3 heteroatoms. The molecule has 0 aromatic heterocycles. The molecule has 0 spiro atoms. The van der Waals surface area contributed by atoms with Gasteiger partial charge >= 0.3 is 0 Å². The van der Waals surface area contributed by atoms with Crippen LogP contribution in [0.1, 0.15) is 16.7 Å². The lowest BCUT2D eigenvalue weighted by atomic mass is 10.00. The van der Waals surface area contributed by atoms with Gasteiger partial charge in [0.1, 0.15) is 18.5 Å². The fourth-order valence-corrected chi connectivity index (χ4v) is 2.97. The number of nitrogens with zero attached hydrogens (tertiary/aromatic N) is 1. The Bertz CT molecular complexity index is 626. The minimum Gasteiger partial charge on any atom is -0.491 e. The van der Waals surface area contributed by atoms with Gasteiger partial charge in [0.05, 0.1) is 0 Å². The molecule has 0 saturated heterocycles. The normalized spacial score (nSPS) is 16.1. The van der Waals surface area contributed by atoms with Crippen LogP contribution in [0.15, 0.2) is 48.5 Å². The number of ether oxygens (including phenoxy) is 1. The van der Waals surface area contributed by atoms with Crippen LogP contribution in [-0.4, -0.2) is 35.8 Å². The van der Waals surface area contributed by atoms with Crippen molar-refractivity contribution in [1.82, 2.24) is 4.90 Å². The molecule has 1 atom stereocenters. The second kappa shape index (κ2) is 6.95. The summed E-state index contributed by atoms with van der Waals surface area (Å²) in [6, 6.07) is 16.5. The average molecular weight is 297 g/mol. The first kappa shape index (κ1) is 15.1. The number of benzene rings is 2. The molecule has 3 rings (SSSR count). The van der Waals surface area contributed by atoms with Crippen LogP contribution in [0.4, 0.5) is 0 Å². The highest BCUT2D eigenvalue weighted by molar-refractivity contribution is 5.31. The standard InChI is InChI=1S/C19H23NO2/c1-15-6-2-5-9-19(15)22-14-18(21)13-20-11-10-16-7-3-4-8-17(16)12-20/h2-9,18,21H,10-14H2,1H3. The quantitative estimate of drug-likeness (QED) is 0.921. The van der Waals surface area contributed by atoms with Crippen molar-refractivity contribution < 1.29 is 9.84 Å². The lowest BCUT2D eigenvalue weighted by Crippen LogP contribution is -2.38. The number of hydrogen-bond donors (Lipinski definition) is 1. The van der Waals surface area contributed by atoms with E-state index in [1.807, 2.05) is 31.2 Å². The molecule has 0 amide bonds. The molecular formula is C19H23NO2. The molecule has 1 heterocycles. The van der Waals surface area contributed by atoms with Crippen LogP contribution >= 0.6 is 0 Å². The largest absolute Gasteiger partial charge is 0.491 e. The van der Waals surface area contributed by atoms with Gasteiger partial charge in [-0.3, -0.25) is 4.90 Å². The van der Waals surface area contributed by atoms with Crippen LogP contribution in [-0.2, 0) is 13.0 Å². The maximum Gasteiger partial charge on any atom is 0.122 e. The van der Waals surface area contributed by atoms with Crippen molar-refractivity contribution >= 4 is 0 Å². The summed E-state index contributed by atoms with van der Waals surface area (Å²) in [5.74, 6) is 0.852. The van der Waals surface area contributed by atoms with Crippen LogP contribution < -0.4 is 4.74 Å². The Kier molecular flexibility index (Phi) is 4.76. The molecule has 2 aromatic carbocycles. The molecule has 116 valence electrons. The molecule has 1 aliphatic rings. The summed E-state index contributed by atoms with van der Waals surface area (Å²) >= 11 is 0. The van der Waals surface area contributed by atoms with Crippen LogP contribution in [0.2, 0.25) is 0 Å². The molecule has 2 aromatic rings. The second-order valence-electron chi connectivity index (χ2n) is 5.98. The first-order valence-corrected chi connectivity index (χ1v) is 7.88. The van der Waals surface area contributed by atoms with Gasteiger partial charge in [0.25, 0.3) is 0 Å². The maximum atomic E-state index is 10.2. The Morgan fingerprint density at radius 3 is 2.64 bits per heavy atom. The summed E-state index contributed by atoms with van der Waals surface area (Å²) in [5, 5.41) is 10.2. The first-order chi connectivity index (χ1) is 10.7. The number of para-hydroxylation sites is 1. The van der Waals surface area contributed by atoms with Gasteiger partial charge in [0.2, 0.25) is 0 Å². The second-order valence-corrected chi connectivity index (χ2v) is 5.98. The summed E-state index contributed by atoms with van der Waals surface area (Å²) in [7, 11) is 0. The minimum atomic E-state index is -0.468. The van der Waals surface area contributed by atoms with Crippen molar-refractivity contribution in [1.29, 1.82) is 0 Å². The number of fused-ring (bicyclic) bond motifs is 1. The Morgan fingerprint density at radius 2 is 1.82 bits per heavy atom. The maximum absolute atomic E-state index is 10.2. The van der Waals surface area contributed by atoms with Crippen molar-refractivity contribution in [3.63, 3.8) is 0 Å². The Morgan fingerprint density at radius 1 is 1.09 bits per heavy atom. The SMILES string of the molecule is Cc1ccccc1OCC(O)CN1CCc2ccccc2C1. The van der Waals surface area contributed by atoms with Crippen molar-refractivity contribution in [2.75, 3.05) is 19.7 Å². The van der Waals surface area contributed by atoms with Crippen LogP contribution in [0.25, 0.3) is 0 Å². The third kappa shape index (κ3) is 3.67. The van der Waals surface area contributed by atoms with Gasteiger partial charge in [-0.15, -0.1) is 0 Å². The van der Waals surface area contributed by atoms with Crippen molar-refractivity contribution in [3.05, 3.63) is 65.2 Å². The van der Waals surface area contributed by atoms with E-state index in [1.54, 1.807) is 0 Å². The zero-order valence-corrected chi connectivity index (χ0v) is 13.0. The van der Waals surface area contributed by atoms with Gasteiger partial charge < -0.3 is 9.84 Å². The number of aliphatic hydroxyl groups excluding tert-OH is 1. The predicted octanol–water partition coefficient (Wildman–Crippen LogP) is 2.79. The summed E-state index contributed by atoms with van der Waals surface area (Å²) < 4.78 is 5.73. The van der Waals surface area contributed by atoms with E-state index in [9.17, 15) is 5.11 Å². The highest BCUT2D eigenvalue weighted by Gasteiger charge is 2.18. The van der Waals surface area contributed by atoms with E-state index in [0.717, 1.165) is 30.8 Å². The summed E-state index contributed by atoms with van der Waals surface area (Å²) in [4.78, 5) is 2.30. The molecule has 0 radical (unpaired) electrons. The highest BCUT2D eigenvalue weighted by Crippen LogP contribution is 2.19. The number of hydrogen-bond acceptors (Lipinski definition) is 3. The summed E-state index contributed by atoms with van der Waals surface area (Å²) in [5.41, 5.74) is 3.91. The topological polar surface area (TPSA) is 32.7 Å². The van der Waals surface area contributed by atoms with E-state index in [1.165, 1.54) is 11.1 Å². The van der Waals surface area contributed by atoms with E-state index >= 15 is 0 Å². The highest BCUT2D eigenvalue weighted by atomic mass is 16.5. The van der Waals surface area contributed by atoms with Crippen LogP contribution in [0, 0.1) is 6.92 Å². The summed E-state index contributed by atoms with van der Waals surface area (Å²) in [6.07, 6.45) is 0.589. The number of aliphatic hydroxyl groups is 1. The first-order valence-electron chi connectivity index (χ1n) is 7.88. The zero-order valence-electron chi connectivity index (χ0n) is 13.0. The minimum absolute atomic E-state index is 0.336. The van der Waals surface area contributed by atoms with Gasteiger partial charge in [-0.2, -0.15) is 0 Å². The third-order valence-corrected chi connectivity index (χ3v) is 4.20. The van der Waals surface area contributed by atoms with E-state index in [-0.39, 0.29) is 0 Å². The number of rotatable bonds is 5. The molecule has 1 aliphatic heterocycles. The Balaban J connectivity index is 1.51. The van der Waals surface area contributed by atoms with Crippen molar-refractivity contribution in [2.24, 2.45) is 0 Å². The third-order valence-electron chi connectivity index (χ3n) is 4.20. The Labute approximate surface area is 132 Å². The predicted molar refractivity (Wildman–Crippen MR) is 88.1 cm³/mol.